The molecular formula is C8H14F2N2O. The lowest BCUT2D eigenvalue weighted by molar-refractivity contribution is -0.0530. The second-order valence-corrected chi connectivity index (χ2v) is 3.75. The van der Waals surface area contributed by atoms with E-state index in [1.165, 1.54) is 26.1 Å². The van der Waals surface area contributed by atoms with Gasteiger partial charge in [0.1, 0.15) is 0 Å². The van der Waals surface area contributed by atoms with Crippen molar-refractivity contribution in [3.05, 3.63) is 0 Å². The molecule has 1 aliphatic rings. The number of halogens is 2. The minimum absolute atomic E-state index is 0.321. The van der Waals surface area contributed by atoms with Gasteiger partial charge in [-0.2, -0.15) is 0 Å². The maximum Gasteiger partial charge on any atom is 0.318 e. The van der Waals surface area contributed by atoms with Crippen LogP contribution < -0.4 is 5.32 Å². The van der Waals surface area contributed by atoms with Crippen molar-refractivity contribution in [1.29, 1.82) is 0 Å². The second kappa shape index (κ2) is 2.82. The van der Waals surface area contributed by atoms with Crippen LogP contribution in [0.2, 0.25) is 0 Å². The van der Waals surface area contributed by atoms with Crippen LogP contribution in [0.4, 0.5) is 13.6 Å². The maximum absolute atomic E-state index is 13.7. The molecule has 1 fully saturated rings. The number of carbonyl (C=O) groups is 1. The third-order valence-electron chi connectivity index (χ3n) is 1.45. The Bertz CT molecular complexity index is 354. The summed E-state index contributed by atoms with van der Waals surface area (Å²) in [6.07, 6.45) is 0. The zero-order chi connectivity index (χ0) is 13.9. The number of amides is 2. The van der Waals surface area contributed by atoms with Gasteiger partial charge >= 0.3 is 6.03 Å². The van der Waals surface area contributed by atoms with Crippen LogP contribution in [0.25, 0.3) is 0 Å². The minimum atomic E-state index is -4.36. The van der Waals surface area contributed by atoms with Gasteiger partial charge in [-0.15, -0.1) is 0 Å². The number of hydrogen-bond acceptors (Lipinski definition) is 1. The topological polar surface area (TPSA) is 32.3 Å². The molecule has 1 heterocycles. The first-order valence-corrected chi connectivity index (χ1v) is 3.75. The molecule has 5 heteroatoms. The minimum Gasteiger partial charge on any atom is -0.332 e. The molecule has 3 nitrogen and oxygen atoms in total. The SMILES string of the molecule is [2H]C1([2H])NC(=O)N(C(C)(C)C)C([2H])([2H])C1(F)F. The van der Waals surface area contributed by atoms with Crippen molar-refractivity contribution in [1.82, 2.24) is 10.2 Å². The van der Waals surface area contributed by atoms with Crippen molar-refractivity contribution in [2.24, 2.45) is 0 Å². The smallest absolute Gasteiger partial charge is 0.318 e. The Morgan fingerprint density at radius 2 is 2.15 bits per heavy atom. The van der Waals surface area contributed by atoms with Crippen LogP contribution in [0.1, 0.15) is 26.3 Å². The van der Waals surface area contributed by atoms with E-state index in [1.807, 2.05) is 0 Å². The zero-order valence-corrected chi connectivity index (χ0v) is 7.61. The molecule has 0 saturated carbocycles. The highest BCUT2D eigenvalue weighted by Gasteiger charge is 2.42. The van der Waals surface area contributed by atoms with E-state index in [4.69, 9.17) is 5.48 Å². The number of urea groups is 1. The summed E-state index contributed by atoms with van der Waals surface area (Å²) in [7, 11) is 0. The molecule has 13 heavy (non-hydrogen) atoms. The van der Waals surface area contributed by atoms with E-state index < -0.39 is 30.5 Å². The first-order chi connectivity index (χ1) is 7.25. The Hall–Kier alpha value is -0.870. The molecule has 1 saturated heterocycles. The van der Waals surface area contributed by atoms with Crippen molar-refractivity contribution in [2.75, 3.05) is 13.0 Å². The van der Waals surface area contributed by atoms with Crippen LogP contribution in [0.5, 0.6) is 0 Å². The van der Waals surface area contributed by atoms with E-state index in [9.17, 15) is 13.6 Å². The lowest BCUT2D eigenvalue weighted by Gasteiger charge is -2.41. The lowest BCUT2D eigenvalue weighted by atomic mass is 10.0. The van der Waals surface area contributed by atoms with Gasteiger partial charge in [-0.05, 0) is 20.8 Å². The van der Waals surface area contributed by atoms with Gasteiger partial charge in [0.25, 0.3) is 5.92 Å². The maximum atomic E-state index is 13.7. The summed E-state index contributed by atoms with van der Waals surface area (Å²) in [4.78, 5) is 11.9. The largest absolute Gasteiger partial charge is 0.332 e. The molecule has 76 valence electrons. The van der Waals surface area contributed by atoms with Gasteiger partial charge in [-0.3, -0.25) is 0 Å². The van der Waals surface area contributed by atoms with E-state index >= 15 is 0 Å². The Kier molecular flexibility index (Phi) is 1.25. The summed E-state index contributed by atoms with van der Waals surface area (Å²) in [5, 5.41) is 1.49. The number of carbonyl (C=O) groups excluding carboxylic acids is 1. The lowest BCUT2D eigenvalue weighted by Crippen LogP contribution is -2.62. The molecule has 1 N–H and O–H groups in total. The fraction of sp³-hybridized carbons (Fsp3) is 0.875. The van der Waals surface area contributed by atoms with Gasteiger partial charge in [0.2, 0.25) is 0 Å². The monoisotopic (exact) mass is 196 g/mol. The summed E-state index contributed by atoms with van der Waals surface area (Å²) in [6.45, 7) is -2.66. The molecule has 0 aromatic rings. The first-order valence-electron chi connectivity index (χ1n) is 5.75. The van der Waals surface area contributed by atoms with E-state index in [-0.39, 0.29) is 0 Å². The number of alkyl halides is 2. The van der Waals surface area contributed by atoms with Crippen molar-refractivity contribution in [2.45, 2.75) is 32.2 Å². The van der Waals surface area contributed by atoms with E-state index in [0.717, 1.165) is 0 Å². The van der Waals surface area contributed by atoms with E-state index in [2.05, 4.69) is 0 Å². The van der Waals surface area contributed by atoms with Crippen LogP contribution >= 0.6 is 0 Å². The van der Waals surface area contributed by atoms with Gasteiger partial charge in [-0.1, -0.05) is 0 Å². The average molecular weight is 196 g/mol. The summed E-state index contributed by atoms with van der Waals surface area (Å²) in [5.74, 6) is -4.36. The van der Waals surface area contributed by atoms with Crippen molar-refractivity contribution < 1.29 is 19.1 Å². The Morgan fingerprint density at radius 3 is 2.62 bits per heavy atom. The summed E-state index contributed by atoms with van der Waals surface area (Å²) >= 11 is 0. The Balaban J connectivity index is 3.36. The highest BCUT2D eigenvalue weighted by molar-refractivity contribution is 5.76. The van der Waals surface area contributed by atoms with Crippen molar-refractivity contribution >= 4 is 6.03 Å². The van der Waals surface area contributed by atoms with Crippen LogP contribution in [0.3, 0.4) is 0 Å². The molecule has 0 unspecified atom stereocenters. The average Bonchev–Trinajstić information content (AvgIpc) is 1.95. The van der Waals surface area contributed by atoms with Crippen LogP contribution in [-0.2, 0) is 0 Å². The number of nitrogens with one attached hydrogen (secondary N) is 1. The highest BCUT2D eigenvalue weighted by atomic mass is 19.3. The normalized spacial score (nSPS) is 35.2. The second-order valence-electron chi connectivity index (χ2n) is 3.75. The van der Waals surface area contributed by atoms with Gasteiger partial charge in [-0.25, -0.2) is 13.6 Å². The molecule has 0 spiro atoms. The molecule has 0 aromatic carbocycles. The predicted molar refractivity (Wildman–Crippen MR) is 44.8 cm³/mol. The third-order valence-corrected chi connectivity index (χ3v) is 1.45. The van der Waals surface area contributed by atoms with Crippen LogP contribution in [0, 0.1) is 0 Å². The van der Waals surface area contributed by atoms with Crippen molar-refractivity contribution in [3.63, 3.8) is 0 Å². The summed E-state index contributed by atoms with van der Waals surface area (Å²) in [5.41, 5.74) is -1.20. The fourth-order valence-corrected chi connectivity index (χ4v) is 0.879. The van der Waals surface area contributed by atoms with Gasteiger partial charge in [0.15, 0.2) is 0 Å². The van der Waals surface area contributed by atoms with Crippen LogP contribution in [0.15, 0.2) is 0 Å². The molecule has 0 atom stereocenters. The van der Waals surface area contributed by atoms with Gasteiger partial charge in [0, 0.05) is 5.54 Å². The number of rotatable bonds is 0. The Morgan fingerprint density at radius 1 is 1.62 bits per heavy atom. The predicted octanol–water partition coefficient (Wildman–Crippen LogP) is 1.45. The molecule has 1 aliphatic heterocycles. The zero-order valence-electron chi connectivity index (χ0n) is 11.6. The van der Waals surface area contributed by atoms with Crippen LogP contribution in [-0.4, -0.2) is 35.4 Å². The van der Waals surface area contributed by atoms with E-state index in [0.29, 0.717) is 4.90 Å². The standard InChI is InChI=1S/C8H14F2N2O/c1-7(2,3)12-5-8(9,10)4-11-6(12)13/h4-5H2,1-3H3,(H,11,13)/i4D2,5D2. The first kappa shape index (κ1) is 5.78. The molecule has 1 rings (SSSR count). The molecule has 0 radical (unpaired) electrons. The van der Waals surface area contributed by atoms with Gasteiger partial charge in [0.05, 0.1) is 18.5 Å². The third kappa shape index (κ3) is 2.29. The summed E-state index contributed by atoms with van der Waals surface area (Å²) in [6, 6.07) is -1.20. The van der Waals surface area contributed by atoms with Gasteiger partial charge < -0.3 is 10.2 Å². The molecule has 0 bridgehead atoms. The quantitative estimate of drug-likeness (QED) is 0.624. The Labute approximate surface area is 81.7 Å². The molecule has 2 amide bonds. The number of hydrogen-bond donors (Lipinski definition) is 1. The summed E-state index contributed by atoms with van der Waals surface area (Å²) < 4.78 is 56.2. The molecular weight excluding hydrogens is 178 g/mol. The van der Waals surface area contributed by atoms with E-state index in [1.54, 1.807) is 0 Å². The molecule has 0 aliphatic carbocycles. The van der Waals surface area contributed by atoms with Crippen molar-refractivity contribution in [3.8, 4) is 0 Å². The molecule has 0 aromatic heterocycles. The highest BCUT2D eigenvalue weighted by Crippen LogP contribution is 2.24. The fourth-order valence-electron chi connectivity index (χ4n) is 0.879. The number of nitrogens with zero attached hydrogens (tertiary/aromatic N) is 1.